The molecule has 1 N–H and O–H groups in total. The van der Waals surface area contributed by atoms with Gasteiger partial charge in [-0.2, -0.15) is 11.8 Å². The summed E-state index contributed by atoms with van der Waals surface area (Å²) in [6.07, 6.45) is 6.87. The van der Waals surface area contributed by atoms with Crippen molar-refractivity contribution in [3.8, 4) is 0 Å². The Morgan fingerprint density at radius 2 is 1.92 bits per heavy atom. The second kappa shape index (κ2) is 3.16. The first-order chi connectivity index (χ1) is 6.42. The van der Waals surface area contributed by atoms with Crippen LogP contribution in [-0.2, 0) is 0 Å². The third kappa shape index (κ3) is 1.25. The molecule has 0 saturated heterocycles. The summed E-state index contributed by atoms with van der Waals surface area (Å²) in [5, 5.41) is 3.74. The summed E-state index contributed by atoms with van der Waals surface area (Å²) < 4.78 is 0. The Morgan fingerprint density at radius 3 is 2.54 bits per heavy atom. The number of thioether (sulfide) groups is 1. The van der Waals surface area contributed by atoms with Crippen molar-refractivity contribution in [1.29, 1.82) is 0 Å². The van der Waals surface area contributed by atoms with Crippen molar-refractivity contribution in [2.75, 3.05) is 18.6 Å². The van der Waals surface area contributed by atoms with Crippen molar-refractivity contribution in [2.24, 2.45) is 23.7 Å². The number of rotatable bonds is 4. The summed E-state index contributed by atoms with van der Waals surface area (Å²) >= 11 is 1.95. The SMILES string of the molecule is CSCCNC1C2C3CCC(C3)C12. The first kappa shape index (κ1) is 8.60. The van der Waals surface area contributed by atoms with Crippen LogP contribution in [0.15, 0.2) is 0 Å². The quantitative estimate of drug-likeness (QED) is 0.692. The lowest BCUT2D eigenvalue weighted by molar-refractivity contribution is 0.456. The molecule has 0 aromatic rings. The van der Waals surface area contributed by atoms with E-state index in [-0.39, 0.29) is 0 Å². The van der Waals surface area contributed by atoms with E-state index in [1.165, 1.54) is 12.3 Å². The first-order valence-electron chi connectivity index (χ1n) is 5.64. The maximum atomic E-state index is 3.74. The smallest absolute Gasteiger partial charge is 0.0136 e. The highest BCUT2D eigenvalue weighted by Crippen LogP contribution is 2.65. The predicted octanol–water partition coefficient (Wildman–Crippen LogP) is 1.98. The zero-order valence-corrected chi connectivity index (χ0v) is 9.15. The Labute approximate surface area is 85.0 Å². The van der Waals surface area contributed by atoms with Crippen LogP contribution in [0.5, 0.6) is 0 Å². The van der Waals surface area contributed by atoms with E-state index < -0.39 is 0 Å². The molecular formula is C11H19NS. The van der Waals surface area contributed by atoms with Crippen molar-refractivity contribution < 1.29 is 0 Å². The maximum absolute atomic E-state index is 3.74. The lowest BCUT2D eigenvalue weighted by Gasteiger charge is -2.09. The molecule has 3 saturated carbocycles. The summed E-state index contributed by atoms with van der Waals surface area (Å²) in [4.78, 5) is 0. The molecule has 0 spiro atoms. The van der Waals surface area contributed by atoms with Crippen molar-refractivity contribution in [3.63, 3.8) is 0 Å². The van der Waals surface area contributed by atoms with Gasteiger partial charge in [-0.1, -0.05) is 0 Å². The van der Waals surface area contributed by atoms with Crippen LogP contribution in [0.3, 0.4) is 0 Å². The molecule has 3 fully saturated rings. The summed E-state index contributed by atoms with van der Waals surface area (Å²) in [7, 11) is 0. The van der Waals surface area contributed by atoms with E-state index in [1.807, 2.05) is 11.8 Å². The lowest BCUT2D eigenvalue weighted by atomic mass is 10.0. The van der Waals surface area contributed by atoms with Gasteiger partial charge in [-0.25, -0.2) is 0 Å². The van der Waals surface area contributed by atoms with Gasteiger partial charge in [0.05, 0.1) is 0 Å². The van der Waals surface area contributed by atoms with Gasteiger partial charge in [0.15, 0.2) is 0 Å². The molecule has 3 aliphatic rings. The zero-order valence-electron chi connectivity index (χ0n) is 8.33. The second-order valence-corrected chi connectivity index (χ2v) is 5.95. The van der Waals surface area contributed by atoms with Gasteiger partial charge in [-0.3, -0.25) is 0 Å². The number of hydrogen-bond donors (Lipinski definition) is 1. The second-order valence-electron chi connectivity index (χ2n) is 4.96. The molecule has 2 heteroatoms. The molecule has 0 radical (unpaired) electrons. The molecule has 4 unspecified atom stereocenters. The minimum Gasteiger partial charge on any atom is -0.313 e. The van der Waals surface area contributed by atoms with Crippen LogP contribution in [0.4, 0.5) is 0 Å². The Bertz CT molecular complexity index is 190. The Morgan fingerprint density at radius 1 is 1.23 bits per heavy atom. The Kier molecular flexibility index (Phi) is 2.09. The van der Waals surface area contributed by atoms with Gasteiger partial charge in [0.1, 0.15) is 0 Å². The number of nitrogens with one attached hydrogen (secondary N) is 1. The molecule has 3 rings (SSSR count). The molecule has 0 aromatic heterocycles. The average Bonchev–Trinajstić information content (AvgIpc) is 2.58. The van der Waals surface area contributed by atoms with Crippen LogP contribution in [0, 0.1) is 23.7 Å². The van der Waals surface area contributed by atoms with E-state index in [0.29, 0.717) is 0 Å². The topological polar surface area (TPSA) is 12.0 Å². The van der Waals surface area contributed by atoms with Crippen LogP contribution in [0.2, 0.25) is 0 Å². The minimum atomic E-state index is 0.943. The van der Waals surface area contributed by atoms with Crippen LogP contribution in [-0.4, -0.2) is 24.6 Å². The third-order valence-electron chi connectivity index (χ3n) is 4.42. The van der Waals surface area contributed by atoms with E-state index >= 15 is 0 Å². The first-order valence-corrected chi connectivity index (χ1v) is 7.03. The summed E-state index contributed by atoms with van der Waals surface area (Å²) in [6, 6.07) is 0.943. The summed E-state index contributed by atoms with van der Waals surface area (Å²) in [5.41, 5.74) is 0. The maximum Gasteiger partial charge on any atom is 0.0136 e. The van der Waals surface area contributed by atoms with Crippen molar-refractivity contribution >= 4 is 11.8 Å². The van der Waals surface area contributed by atoms with Crippen molar-refractivity contribution in [3.05, 3.63) is 0 Å². The molecule has 0 heterocycles. The number of hydrogen-bond acceptors (Lipinski definition) is 2. The van der Waals surface area contributed by atoms with Crippen molar-refractivity contribution in [2.45, 2.75) is 25.3 Å². The van der Waals surface area contributed by atoms with Crippen LogP contribution in [0.1, 0.15) is 19.3 Å². The Balaban J connectivity index is 1.50. The van der Waals surface area contributed by atoms with Crippen molar-refractivity contribution in [1.82, 2.24) is 5.32 Å². The molecule has 3 aliphatic carbocycles. The van der Waals surface area contributed by atoms with Crippen LogP contribution >= 0.6 is 11.8 Å². The van der Waals surface area contributed by atoms with Gasteiger partial charge in [0, 0.05) is 18.3 Å². The fourth-order valence-corrected chi connectivity index (χ4v) is 4.25. The van der Waals surface area contributed by atoms with Crippen LogP contribution in [0.25, 0.3) is 0 Å². The van der Waals surface area contributed by atoms with Crippen LogP contribution < -0.4 is 5.32 Å². The Hall–Kier alpha value is 0.310. The zero-order chi connectivity index (χ0) is 8.84. The standard InChI is InChI=1S/C11H19NS/c1-13-5-4-12-11-9-7-2-3-8(6-7)10(9)11/h7-12H,2-6H2,1H3. The summed E-state index contributed by atoms with van der Waals surface area (Å²) in [5.74, 6) is 5.76. The molecule has 0 amide bonds. The van der Waals surface area contributed by atoms with Gasteiger partial charge in [-0.15, -0.1) is 0 Å². The van der Waals surface area contributed by atoms with Gasteiger partial charge in [0.25, 0.3) is 0 Å². The molecular weight excluding hydrogens is 178 g/mol. The van der Waals surface area contributed by atoms with Gasteiger partial charge in [-0.05, 0) is 49.2 Å². The monoisotopic (exact) mass is 197 g/mol. The number of fused-ring (bicyclic) bond motifs is 5. The van der Waals surface area contributed by atoms with E-state index in [1.54, 1.807) is 19.3 Å². The summed E-state index contributed by atoms with van der Waals surface area (Å²) in [6.45, 7) is 1.23. The fourth-order valence-electron chi connectivity index (χ4n) is 3.93. The van der Waals surface area contributed by atoms with E-state index in [9.17, 15) is 0 Å². The van der Waals surface area contributed by atoms with Gasteiger partial charge < -0.3 is 5.32 Å². The molecule has 13 heavy (non-hydrogen) atoms. The molecule has 0 aromatic carbocycles. The normalized spacial score (nSPS) is 51.0. The van der Waals surface area contributed by atoms with E-state index in [0.717, 1.165) is 29.7 Å². The highest BCUT2D eigenvalue weighted by atomic mass is 32.2. The highest BCUT2D eigenvalue weighted by Gasteiger charge is 2.64. The largest absolute Gasteiger partial charge is 0.313 e. The molecule has 74 valence electrons. The molecule has 4 atom stereocenters. The molecule has 1 nitrogen and oxygen atoms in total. The van der Waals surface area contributed by atoms with E-state index in [2.05, 4.69) is 11.6 Å². The average molecular weight is 197 g/mol. The minimum absolute atomic E-state index is 0.943. The highest BCUT2D eigenvalue weighted by molar-refractivity contribution is 7.98. The predicted molar refractivity (Wildman–Crippen MR) is 58.0 cm³/mol. The third-order valence-corrected chi connectivity index (χ3v) is 5.03. The van der Waals surface area contributed by atoms with Gasteiger partial charge >= 0.3 is 0 Å². The van der Waals surface area contributed by atoms with Gasteiger partial charge in [0.2, 0.25) is 0 Å². The molecule has 0 aliphatic heterocycles. The fraction of sp³-hybridized carbons (Fsp3) is 1.00. The van der Waals surface area contributed by atoms with E-state index in [4.69, 9.17) is 0 Å². The molecule has 2 bridgehead atoms. The lowest BCUT2D eigenvalue weighted by Crippen LogP contribution is -2.25.